The number of phosphoric acid groups is 1. The van der Waals surface area contributed by atoms with Crippen LogP contribution in [0.1, 0.15) is 168 Å². The Morgan fingerprint density at radius 2 is 0.919 bits per heavy atom. The van der Waals surface area contributed by atoms with Gasteiger partial charge in [0.1, 0.15) is 19.8 Å². The van der Waals surface area contributed by atoms with Crippen LogP contribution in [0.5, 0.6) is 0 Å². The van der Waals surface area contributed by atoms with Crippen LogP contribution in [0.4, 0.5) is 0 Å². The van der Waals surface area contributed by atoms with Crippen molar-refractivity contribution in [3.05, 3.63) is 97.2 Å². The van der Waals surface area contributed by atoms with Gasteiger partial charge in [-0.25, -0.2) is 0 Å². The van der Waals surface area contributed by atoms with Gasteiger partial charge < -0.3 is 27.9 Å². The second kappa shape index (κ2) is 43.2. The van der Waals surface area contributed by atoms with E-state index in [1.165, 1.54) is 57.8 Å². The molecule has 0 saturated carbocycles. The summed E-state index contributed by atoms with van der Waals surface area (Å²) >= 11 is 0. The number of quaternary nitrogens is 1. The topological polar surface area (TPSA) is 111 Å². The normalized spacial score (nSPS) is 14.4. The molecular formula is C52H88NO8P. The first-order valence-electron chi connectivity index (χ1n) is 23.9. The molecule has 0 aliphatic carbocycles. The zero-order valence-electron chi connectivity index (χ0n) is 39.8. The van der Waals surface area contributed by atoms with Gasteiger partial charge in [0.15, 0.2) is 6.10 Å². The molecule has 0 heterocycles. The molecule has 0 bridgehead atoms. The highest BCUT2D eigenvalue weighted by Crippen LogP contribution is 2.38. The van der Waals surface area contributed by atoms with Crippen LogP contribution in [0.25, 0.3) is 0 Å². The number of esters is 2. The average Bonchev–Trinajstić information content (AvgIpc) is 3.23. The number of carbonyl (C=O) groups excluding carboxylic acids is 2. The van der Waals surface area contributed by atoms with Gasteiger partial charge in [0.05, 0.1) is 27.7 Å². The zero-order chi connectivity index (χ0) is 45.7. The molecule has 62 heavy (non-hydrogen) atoms. The van der Waals surface area contributed by atoms with Gasteiger partial charge in [-0.3, -0.25) is 14.2 Å². The van der Waals surface area contributed by atoms with Crippen molar-refractivity contribution in [3.63, 3.8) is 0 Å². The number of hydrogen-bond donors (Lipinski definition) is 0. The lowest BCUT2D eigenvalue weighted by Gasteiger charge is -2.28. The highest BCUT2D eigenvalue weighted by atomic mass is 31.2. The number of allylic oxidation sites excluding steroid dienone is 16. The molecule has 0 amide bonds. The Kier molecular flexibility index (Phi) is 41.1. The molecule has 0 spiro atoms. The molecule has 0 aromatic carbocycles. The molecule has 2 atom stereocenters. The lowest BCUT2D eigenvalue weighted by molar-refractivity contribution is -0.870. The zero-order valence-corrected chi connectivity index (χ0v) is 40.7. The third-order valence-electron chi connectivity index (χ3n) is 9.56. The van der Waals surface area contributed by atoms with E-state index in [-0.39, 0.29) is 26.1 Å². The summed E-state index contributed by atoms with van der Waals surface area (Å²) in [7, 11) is 1.10. The van der Waals surface area contributed by atoms with Crippen molar-refractivity contribution >= 4 is 19.8 Å². The summed E-state index contributed by atoms with van der Waals surface area (Å²) in [5.74, 6) is -0.945. The maximum absolute atomic E-state index is 12.7. The number of phosphoric ester groups is 1. The summed E-state index contributed by atoms with van der Waals surface area (Å²) in [5, 5.41) is 0. The van der Waals surface area contributed by atoms with Crippen molar-refractivity contribution in [1.82, 2.24) is 0 Å². The lowest BCUT2D eigenvalue weighted by Crippen LogP contribution is -2.37. The van der Waals surface area contributed by atoms with E-state index in [1.54, 1.807) is 0 Å². The summed E-state index contributed by atoms with van der Waals surface area (Å²) in [6.07, 6.45) is 57.3. The Labute approximate surface area is 379 Å². The number of nitrogens with zero attached hydrogens (tertiary/aromatic N) is 1. The molecule has 0 aromatic rings. The Morgan fingerprint density at radius 3 is 1.40 bits per heavy atom. The molecule has 0 aliphatic heterocycles. The van der Waals surface area contributed by atoms with Gasteiger partial charge in [0.2, 0.25) is 0 Å². The predicted molar refractivity (Wildman–Crippen MR) is 259 cm³/mol. The summed E-state index contributed by atoms with van der Waals surface area (Å²) in [6.45, 7) is 4.04. The highest BCUT2D eigenvalue weighted by molar-refractivity contribution is 7.45. The Morgan fingerprint density at radius 1 is 0.500 bits per heavy atom. The molecule has 9 nitrogen and oxygen atoms in total. The molecule has 0 aliphatic rings. The van der Waals surface area contributed by atoms with Gasteiger partial charge >= 0.3 is 11.9 Å². The fourth-order valence-electron chi connectivity index (χ4n) is 5.81. The predicted octanol–water partition coefficient (Wildman–Crippen LogP) is 13.5. The molecular weight excluding hydrogens is 798 g/mol. The van der Waals surface area contributed by atoms with E-state index in [4.69, 9.17) is 18.5 Å². The molecule has 0 rings (SSSR count). The maximum Gasteiger partial charge on any atom is 0.306 e. The quantitative estimate of drug-likeness (QED) is 0.0196. The highest BCUT2D eigenvalue weighted by Gasteiger charge is 2.21. The second-order valence-electron chi connectivity index (χ2n) is 16.8. The Hall–Kier alpha value is -3.07. The molecule has 0 N–H and O–H groups in total. The molecule has 10 heteroatoms. The van der Waals surface area contributed by atoms with Gasteiger partial charge in [0, 0.05) is 12.8 Å². The SMILES string of the molecule is CCC/C=C/C/C=C/C/C=C/C/C=C/CCCCCC(=O)O[C@H](COC(=O)CCC/C=C/C/C=C/C/C=C/C/C=C/CCCCCCCCC)COP(=O)([O-])OCC[N+](C)(C)C. The van der Waals surface area contributed by atoms with Crippen LogP contribution in [0.15, 0.2) is 97.2 Å². The summed E-state index contributed by atoms with van der Waals surface area (Å²) in [4.78, 5) is 37.6. The van der Waals surface area contributed by atoms with Crippen molar-refractivity contribution in [2.75, 3.05) is 47.5 Å². The molecule has 0 aromatic heterocycles. The van der Waals surface area contributed by atoms with E-state index in [0.717, 1.165) is 70.6 Å². The third-order valence-corrected chi connectivity index (χ3v) is 10.5. The van der Waals surface area contributed by atoms with Gasteiger partial charge in [-0.05, 0) is 89.9 Å². The Balaban J connectivity index is 4.48. The monoisotopic (exact) mass is 886 g/mol. The van der Waals surface area contributed by atoms with Crippen LogP contribution in [-0.4, -0.2) is 70.0 Å². The van der Waals surface area contributed by atoms with E-state index in [1.807, 2.05) is 21.1 Å². The fourth-order valence-corrected chi connectivity index (χ4v) is 6.54. The molecule has 354 valence electrons. The van der Waals surface area contributed by atoms with Crippen LogP contribution in [0.2, 0.25) is 0 Å². The molecule has 0 saturated heterocycles. The number of ether oxygens (including phenoxy) is 2. The number of rotatable bonds is 42. The van der Waals surface area contributed by atoms with E-state index < -0.39 is 32.5 Å². The van der Waals surface area contributed by atoms with Crippen LogP contribution in [0, 0.1) is 0 Å². The minimum atomic E-state index is -4.66. The fraction of sp³-hybridized carbons (Fsp3) is 0.654. The average molecular weight is 886 g/mol. The van der Waals surface area contributed by atoms with Crippen molar-refractivity contribution < 1.29 is 42.1 Å². The van der Waals surface area contributed by atoms with Crippen molar-refractivity contribution in [3.8, 4) is 0 Å². The first-order valence-corrected chi connectivity index (χ1v) is 25.4. The first-order chi connectivity index (χ1) is 30.0. The van der Waals surface area contributed by atoms with Crippen molar-refractivity contribution in [2.24, 2.45) is 0 Å². The van der Waals surface area contributed by atoms with E-state index in [9.17, 15) is 19.0 Å². The lowest BCUT2D eigenvalue weighted by atomic mass is 10.1. The minimum Gasteiger partial charge on any atom is -0.756 e. The van der Waals surface area contributed by atoms with Crippen molar-refractivity contribution in [2.45, 2.75) is 174 Å². The first kappa shape index (κ1) is 58.9. The number of likely N-dealkylation sites (N-methyl/N-ethyl adjacent to an activating group) is 1. The number of carbonyl (C=O) groups is 2. The third kappa shape index (κ3) is 46.4. The van der Waals surface area contributed by atoms with Crippen LogP contribution in [-0.2, 0) is 32.7 Å². The molecule has 1 unspecified atom stereocenters. The summed E-state index contributed by atoms with van der Waals surface area (Å²) in [5.41, 5.74) is 0. The second-order valence-corrected chi connectivity index (χ2v) is 18.2. The maximum atomic E-state index is 12.7. The van der Waals surface area contributed by atoms with E-state index >= 15 is 0 Å². The standard InChI is InChI=1S/C52H88NO8P/c1-6-8-10-12-14-16-18-20-22-24-25-26-27-29-30-32-34-36-38-40-42-44-51(54)58-48-50(49-60-62(56,57)59-47-46-53(3,4)5)61-52(55)45-43-41-39-37-35-33-31-28-23-21-19-17-15-13-11-9-7-2/h11,13,17,19,22-24,26-28,30,32-33,35-36,38,50H,6-10,12,14-16,18,20-21,25,29,31,34,37,39-49H2,1-5H3/b13-11+,19-17+,24-22+,27-26+,28-23+,32-30+,35-33+,38-36+/t50-/m1/s1. The van der Waals surface area contributed by atoms with Gasteiger partial charge in [-0.2, -0.15) is 0 Å². The van der Waals surface area contributed by atoms with E-state index in [2.05, 4.69) is 111 Å². The van der Waals surface area contributed by atoms with Crippen LogP contribution < -0.4 is 4.89 Å². The Bertz CT molecular complexity index is 1370. The van der Waals surface area contributed by atoms with Crippen molar-refractivity contribution in [1.29, 1.82) is 0 Å². The summed E-state index contributed by atoms with van der Waals surface area (Å²) < 4.78 is 33.9. The molecule has 0 radical (unpaired) electrons. The number of hydrogen-bond acceptors (Lipinski definition) is 8. The summed E-state index contributed by atoms with van der Waals surface area (Å²) in [6, 6.07) is 0. The van der Waals surface area contributed by atoms with Gasteiger partial charge in [0.25, 0.3) is 7.82 Å². The van der Waals surface area contributed by atoms with Crippen LogP contribution >= 0.6 is 7.82 Å². The van der Waals surface area contributed by atoms with E-state index in [0.29, 0.717) is 23.9 Å². The van der Waals surface area contributed by atoms with Gasteiger partial charge in [-0.1, -0.05) is 162 Å². The smallest absolute Gasteiger partial charge is 0.306 e. The van der Waals surface area contributed by atoms with Gasteiger partial charge in [-0.15, -0.1) is 0 Å². The van der Waals surface area contributed by atoms with Crippen LogP contribution in [0.3, 0.4) is 0 Å². The largest absolute Gasteiger partial charge is 0.756 e. The minimum absolute atomic E-state index is 0.0513. The number of unbranched alkanes of at least 4 members (excludes halogenated alkanes) is 12. The molecule has 0 fully saturated rings.